The molecule has 0 radical (unpaired) electrons. The molecule has 3 atom stereocenters. The Morgan fingerprint density at radius 1 is 1.06 bits per heavy atom. The SMILES string of the molecule is NC(=O)[C@H]1C[C@@H]1C(=O)N1CCC([C@H]2c3ncc(Br)cc3CCc3cc(Cl)cc(Br)c32)CC1. The molecule has 2 N–H and O–H groups in total. The molecular weight excluding hydrogens is 558 g/mol. The molecule has 2 heterocycles. The van der Waals surface area contributed by atoms with Gasteiger partial charge in [0.1, 0.15) is 0 Å². The fourth-order valence-electron chi connectivity index (χ4n) is 5.50. The molecule has 2 aliphatic carbocycles. The third kappa shape index (κ3) is 4.12. The van der Waals surface area contributed by atoms with Gasteiger partial charge in [-0.3, -0.25) is 14.6 Å². The molecule has 0 spiro atoms. The largest absolute Gasteiger partial charge is 0.369 e. The highest BCUT2D eigenvalue weighted by atomic mass is 79.9. The summed E-state index contributed by atoms with van der Waals surface area (Å²) in [5.74, 6) is -0.233. The lowest BCUT2D eigenvalue weighted by Gasteiger charge is -2.37. The fraction of sp³-hybridized carbons (Fsp3) is 0.458. The molecule has 5 rings (SSSR count). The summed E-state index contributed by atoms with van der Waals surface area (Å²) in [6, 6.07) is 6.25. The van der Waals surface area contributed by atoms with Gasteiger partial charge in [-0.1, -0.05) is 27.5 Å². The molecule has 8 heteroatoms. The van der Waals surface area contributed by atoms with Crippen LogP contribution < -0.4 is 5.73 Å². The number of fused-ring (bicyclic) bond motifs is 2. The maximum Gasteiger partial charge on any atom is 0.226 e. The zero-order valence-corrected chi connectivity index (χ0v) is 21.4. The number of hydrogen-bond donors (Lipinski definition) is 1. The van der Waals surface area contributed by atoms with E-state index in [2.05, 4.69) is 44.0 Å². The number of aryl methyl sites for hydroxylation is 2. The van der Waals surface area contributed by atoms with Crippen molar-refractivity contribution < 1.29 is 9.59 Å². The van der Waals surface area contributed by atoms with Gasteiger partial charge in [0.05, 0.1) is 17.5 Å². The number of likely N-dealkylation sites (tertiary alicyclic amines) is 1. The Labute approximate surface area is 209 Å². The molecule has 0 bridgehead atoms. The molecule has 2 fully saturated rings. The molecule has 3 aliphatic rings. The normalized spacial score (nSPS) is 25.0. The number of amides is 2. The van der Waals surface area contributed by atoms with Gasteiger partial charge in [0, 0.05) is 39.2 Å². The van der Waals surface area contributed by atoms with E-state index in [1.54, 1.807) is 0 Å². The summed E-state index contributed by atoms with van der Waals surface area (Å²) in [6.07, 6.45) is 6.13. The molecule has 1 aromatic heterocycles. The van der Waals surface area contributed by atoms with Crippen molar-refractivity contribution >= 4 is 55.3 Å². The number of hydrogen-bond acceptors (Lipinski definition) is 3. The van der Waals surface area contributed by atoms with Gasteiger partial charge in [-0.2, -0.15) is 0 Å². The van der Waals surface area contributed by atoms with Gasteiger partial charge >= 0.3 is 0 Å². The Hall–Kier alpha value is -1.44. The van der Waals surface area contributed by atoms with Crippen LogP contribution in [0.5, 0.6) is 0 Å². The van der Waals surface area contributed by atoms with E-state index < -0.39 is 0 Å². The second kappa shape index (κ2) is 8.73. The molecule has 2 aromatic rings. The van der Waals surface area contributed by atoms with Crippen molar-refractivity contribution in [3.63, 3.8) is 0 Å². The molecule has 32 heavy (non-hydrogen) atoms. The Bertz CT molecular complexity index is 1100. The van der Waals surface area contributed by atoms with Crippen LogP contribution in [0.4, 0.5) is 0 Å². The molecule has 2 amide bonds. The minimum atomic E-state index is -0.356. The lowest BCUT2D eigenvalue weighted by atomic mass is 9.76. The summed E-state index contributed by atoms with van der Waals surface area (Å²) in [5, 5.41) is 0.739. The number of pyridine rings is 1. The van der Waals surface area contributed by atoms with Crippen molar-refractivity contribution in [2.75, 3.05) is 13.1 Å². The second-order valence-corrected chi connectivity index (χ2v) is 11.4. The first-order valence-corrected chi connectivity index (χ1v) is 13.0. The monoisotopic (exact) mass is 579 g/mol. The van der Waals surface area contributed by atoms with Gasteiger partial charge in [-0.05, 0) is 88.8 Å². The lowest BCUT2D eigenvalue weighted by Crippen LogP contribution is -2.41. The molecule has 168 valence electrons. The highest BCUT2D eigenvalue weighted by Gasteiger charge is 2.49. The molecule has 1 aliphatic heterocycles. The predicted molar refractivity (Wildman–Crippen MR) is 130 cm³/mol. The Morgan fingerprint density at radius 2 is 1.78 bits per heavy atom. The zero-order chi connectivity index (χ0) is 22.6. The standard InChI is InChI=1S/C24H24Br2ClN3O2/c25-15-7-14-2-1-13-8-16(27)9-19(26)20(13)21(22(14)29-11-15)12-3-5-30(6-4-12)24(32)18-10-17(18)23(28)31/h7-9,11-12,17-18,21H,1-6,10H2,(H2,28,31)/t17-,18-,21+/m0/s1. The minimum Gasteiger partial charge on any atom is -0.369 e. The van der Waals surface area contributed by atoms with Crippen molar-refractivity contribution in [1.29, 1.82) is 0 Å². The van der Waals surface area contributed by atoms with E-state index in [0.717, 1.165) is 45.3 Å². The van der Waals surface area contributed by atoms with Crippen LogP contribution in [-0.4, -0.2) is 34.8 Å². The van der Waals surface area contributed by atoms with Crippen molar-refractivity contribution in [3.05, 3.63) is 60.7 Å². The molecule has 0 unspecified atom stereocenters. The van der Waals surface area contributed by atoms with Crippen LogP contribution in [0.2, 0.25) is 5.02 Å². The van der Waals surface area contributed by atoms with E-state index in [9.17, 15) is 9.59 Å². The van der Waals surface area contributed by atoms with Crippen molar-refractivity contribution in [3.8, 4) is 0 Å². The topological polar surface area (TPSA) is 76.3 Å². The number of aromatic nitrogens is 1. The summed E-state index contributed by atoms with van der Waals surface area (Å²) in [4.78, 5) is 31.0. The maximum atomic E-state index is 12.8. The third-order valence-electron chi connectivity index (χ3n) is 7.21. The van der Waals surface area contributed by atoms with E-state index in [0.29, 0.717) is 25.4 Å². The summed E-state index contributed by atoms with van der Waals surface area (Å²) in [5.41, 5.74) is 10.3. The number of nitrogens with zero attached hydrogens (tertiary/aromatic N) is 2. The summed E-state index contributed by atoms with van der Waals surface area (Å²) in [7, 11) is 0. The van der Waals surface area contributed by atoms with Crippen LogP contribution in [0.3, 0.4) is 0 Å². The molecule has 1 aromatic carbocycles. The van der Waals surface area contributed by atoms with Crippen LogP contribution in [0.15, 0.2) is 33.3 Å². The number of benzene rings is 1. The number of rotatable bonds is 3. The third-order valence-corrected chi connectivity index (χ3v) is 8.52. The summed E-state index contributed by atoms with van der Waals surface area (Å²) >= 11 is 13.8. The van der Waals surface area contributed by atoms with Crippen molar-refractivity contribution in [1.82, 2.24) is 9.88 Å². The van der Waals surface area contributed by atoms with E-state index in [4.69, 9.17) is 22.3 Å². The van der Waals surface area contributed by atoms with Gasteiger partial charge in [-0.25, -0.2) is 0 Å². The van der Waals surface area contributed by atoms with Gasteiger partial charge in [0.2, 0.25) is 11.8 Å². The number of primary amides is 1. The highest BCUT2D eigenvalue weighted by Crippen LogP contribution is 2.47. The van der Waals surface area contributed by atoms with Crippen LogP contribution in [-0.2, 0) is 22.4 Å². The highest BCUT2D eigenvalue weighted by molar-refractivity contribution is 9.10. The van der Waals surface area contributed by atoms with Crippen LogP contribution in [0.25, 0.3) is 0 Å². The number of carbonyl (C=O) groups excluding carboxylic acids is 2. The van der Waals surface area contributed by atoms with E-state index in [1.807, 2.05) is 17.2 Å². The Balaban J connectivity index is 1.43. The first kappa shape index (κ1) is 22.4. The van der Waals surface area contributed by atoms with Gasteiger partial charge < -0.3 is 10.6 Å². The summed E-state index contributed by atoms with van der Waals surface area (Å²) < 4.78 is 2.02. The molecule has 5 nitrogen and oxygen atoms in total. The average molecular weight is 582 g/mol. The van der Waals surface area contributed by atoms with Crippen LogP contribution in [0, 0.1) is 17.8 Å². The lowest BCUT2D eigenvalue weighted by molar-refractivity contribution is -0.135. The van der Waals surface area contributed by atoms with Gasteiger partial charge in [0.15, 0.2) is 0 Å². The second-order valence-electron chi connectivity index (χ2n) is 9.15. The van der Waals surface area contributed by atoms with Gasteiger partial charge in [-0.15, -0.1) is 0 Å². The number of nitrogens with two attached hydrogens (primary N) is 1. The van der Waals surface area contributed by atoms with Crippen LogP contribution >= 0.6 is 43.5 Å². The molecular formula is C24H24Br2ClN3O2. The average Bonchev–Trinajstić information content (AvgIpc) is 3.57. The first-order valence-electron chi connectivity index (χ1n) is 11.0. The van der Waals surface area contributed by atoms with Crippen LogP contribution in [0.1, 0.15) is 47.6 Å². The smallest absolute Gasteiger partial charge is 0.226 e. The van der Waals surface area contributed by atoms with E-state index in [1.165, 1.54) is 16.7 Å². The predicted octanol–water partition coefficient (Wildman–Crippen LogP) is 4.85. The quantitative estimate of drug-likeness (QED) is 0.563. The Kier molecular flexibility index (Phi) is 6.10. The fourth-order valence-corrected chi connectivity index (χ4v) is 7.00. The molecule has 1 saturated heterocycles. The first-order chi connectivity index (χ1) is 15.3. The van der Waals surface area contributed by atoms with Gasteiger partial charge in [0.25, 0.3) is 0 Å². The number of halogens is 3. The van der Waals surface area contributed by atoms with E-state index in [-0.39, 0.29) is 29.6 Å². The maximum absolute atomic E-state index is 12.8. The minimum absolute atomic E-state index is 0.0870. The van der Waals surface area contributed by atoms with Crippen molar-refractivity contribution in [2.45, 2.75) is 38.0 Å². The van der Waals surface area contributed by atoms with Crippen molar-refractivity contribution in [2.24, 2.45) is 23.5 Å². The zero-order valence-electron chi connectivity index (χ0n) is 17.5. The van der Waals surface area contributed by atoms with E-state index >= 15 is 0 Å². The molecule has 1 saturated carbocycles. The number of piperidine rings is 1. The Morgan fingerprint density at radius 3 is 2.47 bits per heavy atom. The number of carbonyl (C=O) groups is 2. The summed E-state index contributed by atoms with van der Waals surface area (Å²) in [6.45, 7) is 1.41.